The quantitative estimate of drug-likeness (QED) is 0.909. The van der Waals surface area contributed by atoms with Gasteiger partial charge in [0.05, 0.1) is 6.10 Å². The normalized spacial score (nSPS) is 22.0. The molecule has 0 aromatic carbocycles. The van der Waals surface area contributed by atoms with Gasteiger partial charge in [-0.1, -0.05) is 0 Å². The Morgan fingerprint density at radius 3 is 2.89 bits per heavy atom. The monoisotopic (exact) mass is 334 g/mol. The molecule has 1 aromatic rings. The summed E-state index contributed by atoms with van der Waals surface area (Å²) in [6.07, 6.45) is 3.28. The van der Waals surface area contributed by atoms with Crippen LogP contribution in [0.5, 0.6) is 0 Å². The van der Waals surface area contributed by atoms with Gasteiger partial charge in [0, 0.05) is 23.3 Å². The first-order valence-corrected chi connectivity index (χ1v) is 8.02. The van der Waals surface area contributed by atoms with Crippen molar-refractivity contribution in [1.82, 2.24) is 9.71 Å². The number of hydrogen-bond donors (Lipinski definition) is 1. The molecule has 1 aliphatic rings. The van der Waals surface area contributed by atoms with Gasteiger partial charge >= 0.3 is 0 Å². The molecule has 2 heterocycles. The third-order valence-electron chi connectivity index (χ3n) is 2.84. The summed E-state index contributed by atoms with van der Waals surface area (Å²) < 4.78 is 32.9. The number of aromatic nitrogens is 1. The molecule has 5 nitrogen and oxygen atoms in total. The van der Waals surface area contributed by atoms with E-state index in [1.165, 1.54) is 12.3 Å². The number of ether oxygens (including phenoxy) is 1. The van der Waals surface area contributed by atoms with Gasteiger partial charge in [-0.3, -0.25) is 0 Å². The van der Waals surface area contributed by atoms with Crippen molar-refractivity contribution < 1.29 is 13.2 Å². The molecular weight excluding hydrogens is 320 g/mol. The number of rotatable bonds is 4. The lowest BCUT2D eigenvalue weighted by atomic mass is 10.1. The predicted molar refractivity (Wildman–Crippen MR) is 70.7 cm³/mol. The number of hydrogen-bond acceptors (Lipinski definition) is 4. The van der Waals surface area contributed by atoms with Gasteiger partial charge in [-0.15, -0.1) is 0 Å². The van der Waals surface area contributed by atoms with Crippen molar-refractivity contribution in [3.8, 4) is 0 Å². The molecule has 100 valence electrons. The molecule has 0 spiro atoms. The second-order valence-electron chi connectivity index (χ2n) is 4.28. The van der Waals surface area contributed by atoms with E-state index in [9.17, 15) is 8.42 Å². The molecular formula is C11H15BrN2O3S. The van der Waals surface area contributed by atoms with E-state index >= 15 is 0 Å². The summed E-state index contributed by atoms with van der Waals surface area (Å²) in [5.74, 6) is 0. The largest absolute Gasteiger partial charge is 0.377 e. The van der Waals surface area contributed by atoms with Gasteiger partial charge in [0.25, 0.3) is 10.0 Å². The molecule has 0 amide bonds. The summed E-state index contributed by atoms with van der Waals surface area (Å²) in [7, 11) is -3.58. The van der Waals surface area contributed by atoms with Gasteiger partial charge in [-0.05, 0) is 47.8 Å². The fourth-order valence-corrected chi connectivity index (χ4v) is 3.33. The van der Waals surface area contributed by atoms with Gasteiger partial charge in [-0.2, -0.15) is 0 Å². The van der Waals surface area contributed by atoms with Crippen molar-refractivity contribution >= 4 is 26.0 Å². The molecule has 1 aromatic heterocycles. The molecule has 1 N–H and O–H groups in total. The number of nitrogens with one attached hydrogen (secondary N) is 1. The Kier molecular flexibility index (Phi) is 4.37. The molecule has 2 rings (SSSR count). The average molecular weight is 335 g/mol. The Bertz CT molecular complexity index is 498. The summed E-state index contributed by atoms with van der Waals surface area (Å²) in [5.41, 5.74) is 0. The number of nitrogens with zero attached hydrogens (tertiary/aromatic N) is 1. The lowest BCUT2D eigenvalue weighted by molar-refractivity contribution is 0.0902. The molecule has 7 heteroatoms. The number of pyridine rings is 1. The van der Waals surface area contributed by atoms with E-state index in [1.807, 2.05) is 6.92 Å². The zero-order valence-electron chi connectivity index (χ0n) is 9.97. The van der Waals surface area contributed by atoms with Crippen LogP contribution in [0.15, 0.2) is 27.8 Å². The predicted octanol–water partition coefficient (Wildman–Crippen LogP) is 1.69. The summed E-state index contributed by atoms with van der Waals surface area (Å²) >= 11 is 3.22. The number of halogens is 1. The molecule has 0 radical (unpaired) electrons. The molecule has 1 saturated heterocycles. The molecule has 0 aliphatic carbocycles. The molecule has 0 unspecified atom stereocenters. The van der Waals surface area contributed by atoms with Crippen molar-refractivity contribution in [1.29, 1.82) is 0 Å². The van der Waals surface area contributed by atoms with E-state index < -0.39 is 10.0 Å². The molecule has 18 heavy (non-hydrogen) atoms. The first-order chi connectivity index (χ1) is 8.49. The van der Waals surface area contributed by atoms with Gasteiger partial charge in [0.15, 0.2) is 5.03 Å². The summed E-state index contributed by atoms with van der Waals surface area (Å²) in [6.45, 7) is 2.51. The summed E-state index contributed by atoms with van der Waals surface area (Å²) in [5, 5.41) is 0.0237. The zero-order valence-corrected chi connectivity index (χ0v) is 12.4. The van der Waals surface area contributed by atoms with Crippen LogP contribution in [0.1, 0.15) is 19.8 Å². The topological polar surface area (TPSA) is 68.3 Å². The third-order valence-corrected chi connectivity index (χ3v) is 4.78. The van der Waals surface area contributed by atoms with Crippen molar-refractivity contribution in [2.24, 2.45) is 0 Å². The van der Waals surface area contributed by atoms with Crippen molar-refractivity contribution in [3.05, 3.63) is 22.8 Å². The second-order valence-corrected chi connectivity index (χ2v) is 6.85. The van der Waals surface area contributed by atoms with Gasteiger partial charge in [0.1, 0.15) is 0 Å². The Labute approximate surface area is 115 Å². The van der Waals surface area contributed by atoms with Crippen LogP contribution in [0.25, 0.3) is 0 Å². The van der Waals surface area contributed by atoms with Crippen LogP contribution >= 0.6 is 15.9 Å². The highest BCUT2D eigenvalue weighted by atomic mass is 79.9. The van der Waals surface area contributed by atoms with Gasteiger partial charge in [-0.25, -0.2) is 18.1 Å². The van der Waals surface area contributed by atoms with Crippen LogP contribution in [0.2, 0.25) is 0 Å². The maximum atomic E-state index is 12.1. The van der Waals surface area contributed by atoms with E-state index in [1.54, 1.807) is 6.07 Å². The van der Waals surface area contributed by atoms with Gasteiger partial charge < -0.3 is 4.74 Å². The lowest BCUT2D eigenvalue weighted by Gasteiger charge is -2.19. The Morgan fingerprint density at radius 2 is 2.33 bits per heavy atom. The minimum absolute atomic E-state index is 0.0237. The average Bonchev–Trinajstić information content (AvgIpc) is 2.82. The smallest absolute Gasteiger partial charge is 0.258 e. The fraction of sp³-hybridized carbons (Fsp3) is 0.545. The standard InChI is InChI=1S/C11H15BrN2O3S/c1-8(10-3-2-6-17-10)14-18(15,16)11-5-4-9(12)7-13-11/h4-5,7-8,10,14H,2-3,6H2,1H3/t8-,10+/m1/s1. The highest BCUT2D eigenvalue weighted by molar-refractivity contribution is 9.10. The highest BCUT2D eigenvalue weighted by Gasteiger charge is 2.27. The van der Waals surface area contributed by atoms with Crippen LogP contribution in [0.3, 0.4) is 0 Å². The van der Waals surface area contributed by atoms with Crippen molar-refractivity contribution in [3.63, 3.8) is 0 Å². The first-order valence-electron chi connectivity index (χ1n) is 5.74. The van der Waals surface area contributed by atoms with Crippen LogP contribution in [0.4, 0.5) is 0 Å². The maximum absolute atomic E-state index is 12.1. The van der Waals surface area contributed by atoms with Crippen molar-refractivity contribution in [2.45, 2.75) is 36.9 Å². The minimum atomic E-state index is -3.58. The minimum Gasteiger partial charge on any atom is -0.377 e. The van der Waals surface area contributed by atoms with Crippen molar-refractivity contribution in [2.75, 3.05) is 6.61 Å². The van der Waals surface area contributed by atoms with Crippen LogP contribution < -0.4 is 4.72 Å². The van der Waals surface area contributed by atoms with E-state index in [0.717, 1.165) is 17.3 Å². The fourth-order valence-electron chi connectivity index (χ4n) is 1.90. The maximum Gasteiger partial charge on any atom is 0.258 e. The summed E-state index contributed by atoms with van der Waals surface area (Å²) in [4.78, 5) is 3.89. The van der Waals surface area contributed by atoms with E-state index in [2.05, 4.69) is 25.6 Å². The van der Waals surface area contributed by atoms with Crippen LogP contribution in [-0.4, -0.2) is 32.2 Å². The molecule has 2 atom stereocenters. The van der Waals surface area contributed by atoms with E-state index in [-0.39, 0.29) is 17.2 Å². The van der Waals surface area contributed by atoms with E-state index in [0.29, 0.717) is 6.61 Å². The molecule has 0 bridgehead atoms. The lowest BCUT2D eigenvalue weighted by Crippen LogP contribution is -2.41. The van der Waals surface area contributed by atoms with Crippen LogP contribution in [-0.2, 0) is 14.8 Å². The Hall–Kier alpha value is -0.500. The number of sulfonamides is 1. The Balaban J connectivity index is 2.09. The zero-order chi connectivity index (χ0) is 13.2. The highest BCUT2D eigenvalue weighted by Crippen LogP contribution is 2.17. The second kappa shape index (κ2) is 5.64. The Morgan fingerprint density at radius 1 is 1.56 bits per heavy atom. The molecule has 1 aliphatic heterocycles. The molecule has 0 saturated carbocycles. The SMILES string of the molecule is C[C@@H](NS(=O)(=O)c1ccc(Br)cn1)[C@@H]1CCCO1. The summed E-state index contributed by atoms with van der Waals surface area (Å²) in [6, 6.07) is 2.87. The molecule has 1 fully saturated rings. The van der Waals surface area contributed by atoms with Crippen LogP contribution in [0, 0.1) is 0 Å². The third kappa shape index (κ3) is 3.28. The first kappa shape index (κ1) is 13.9. The van der Waals surface area contributed by atoms with E-state index in [4.69, 9.17) is 4.74 Å². The van der Waals surface area contributed by atoms with Gasteiger partial charge in [0.2, 0.25) is 0 Å².